The standard InChI is InChI=1S/C15H19BrN2S2/c1-10-13(16)6-15(20-10)14(7-17)18(12-2-3-12)8-11-4-5-19-9-11/h4-6,9,12,14H,2-3,7-8,17H2,1H3. The smallest absolute Gasteiger partial charge is 0.0570 e. The average Bonchev–Trinajstić information content (AvgIpc) is 3.05. The normalized spacial score (nSPS) is 16.8. The van der Waals surface area contributed by atoms with Gasteiger partial charge in [-0.1, -0.05) is 0 Å². The van der Waals surface area contributed by atoms with Gasteiger partial charge in [0.1, 0.15) is 0 Å². The summed E-state index contributed by atoms with van der Waals surface area (Å²) in [5, 5.41) is 4.41. The molecule has 1 saturated carbocycles. The Morgan fingerprint density at radius 1 is 1.50 bits per heavy atom. The Bertz CT molecular complexity index is 541. The van der Waals surface area contributed by atoms with Crippen LogP contribution in [0.2, 0.25) is 0 Å². The highest BCUT2D eigenvalue weighted by Gasteiger charge is 2.34. The van der Waals surface area contributed by atoms with Gasteiger partial charge in [0.2, 0.25) is 0 Å². The number of thiophene rings is 2. The molecule has 1 aliphatic rings. The van der Waals surface area contributed by atoms with Crippen LogP contribution < -0.4 is 5.73 Å². The third-order valence-electron chi connectivity index (χ3n) is 3.79. The maximum Gasteiger partial charge on any atom is 0.0570 e. The molecule has 0 aromatic carbocycles. The average molecular weight is 371 g/mol. The fraction of sp³-hybridized carbons (Fsp3) is 0.467. The topological polar surface area (TPSA) is 29.3 Å². The van der Waals surface area contributed by atoms with Crippen LogP contribution >= 0.6 is 38.6 Å². The number of nitrogens with two attached hydrogens (primary N) is 1. The Labute approximate surface area is 136 Å². The van der Waals surface area contributed by atoms with Crippen molar-refractivity contribution in [3.05, 3.63) is 42.7 Å². The van der Waals surface area contributed by atoms with Crippen LogP contribution in [-0.4, -0.2) is 17.5 Å². The molecule has 1 unspecified atom stereocenters. The molecule has 0 bridgehead atoms. The molecule has 1 fully saturated rings. The summed E-state index contributed by atoms with van der Waals surface area (Å²) < 4.78 is 1.21. The summed E-state index contributed by atoms with van der Waals surface area (Å²) in [5.41, 5.74) is 7.52. The maximum atomic E-state index is 6.11. The maximum absolute atomic E-state index is 6.11. The molecule has 1 aliphatic carbocycles. The molecule has 0 saturated heterocycles. The second kappa shape index (κ2) is 6.28. The third-order valence-corrected chi connectivity index (χ3v) is 6.76. The Morgan fingerprint density at radius 3 is 2.80 bits per heavy atom. The minimum atomic E-state index is 0.345. The van der Waals surface area contributed by atoms with Crippen molar-refractivity contribution < 1.29 is 0 Å². The first-order valence-electron chi connectivity index (χ1n) is 6.91. The van der Waals surface area contributed by atoms with Crippen molar-refractivity contribution in [2.45, 2.75) is 38.4 Å². The first-order valence-corrected chi connectivity index (χ1v) is 9.47. The molecule has 2 heterocycles. The van der Waals surface area contributed by atoms with Crippen LogP contribution in [0.15, 0.2) is 27.4 Å². The largest absolute Gasteiger partial charge is 0.329 e. The second-order valence-corrected chi connectivity index (χ2v) is 8.26. The molecule has 108 valence electrons. The molecule has 0 spiro atoms. The van der Waals surface area contributed by atoms with Gasteiger partial charge in [0.15, 0.2) is 0 Å². The third kappa shape index (κ3) is 3.17. The van der Waals surface area contributed by atoms with E-state index >= 15 is 0 Å². The zero-order chi connectivity index (χ0) is 14.1. The van der Waals surface area contributed by atoms with Gasteiger partial charge >= 0.3 is 0 Å². The Kier molecular flexibility index (Phi) is 4.62. The van der Waals surface area contributed by atoms with Gasteiger partial charge in [-0.15, -0.1) is 11.3 Å². The van der Waals surface area contributed by atoms with Crippen LogP contribution in [-0.2, 0) is 6.54 Å². The Morgan fingerprint density at radius 2 is 2.30 bits per heavy atom. The molecule has 2 nitrogen and oxygen atoms in total. The van der Waals surface area contributed by atoms with Gasteiger partial charge < -0.3 is 5.73 Å². The predicted octanol–water partition coefficient (Wildman–Crippen LogP) is 4.54. The Hall–Kier alpha value is -0.200. The minimum Gasteiger partial charge on any atom is -0.329 e. The van der Waals surface area contributed by atoms with E-state index in [-0.39, 0.29) is 0 Å². The summed E-state index contributed by atoms with van der Waals surface area (Å²) in [4.78, 5) is 5.32. The van der Waals surface area contributed by atoms with Crippen molar-refractivity contribution in [2.24, 2.45) is 5.73 Å². The Balaban J connectivity index is 1.84. The molecular formula is C15H19BrN2S2. The molecule has 0 aliphatic heterocycles. The van der Waals surface area contributed by atoms with E-state index in [9.17, 15) is 0 Å². The van der Waals surface area contributed by atoms with Crippen LogP contribution in [0.3, 0.4) is 0 Å². The fourth-order valence-corrected chi connectivity index (χ4v) is 4.91. The first-order chi connectivity index (χ1) is 9.69. The van der Waals surface area contributed by atoms with Crippen LogP contribution in [0.4, 0.5) is 0 Å². The van der Waals surface area contributed by atoms with Gasteiger partial charge in [-0.2, -0.15) is 11.3 Å². The van der Waals surface area contributed by atoms with Gasteiger partial charge in [0, 0.05) is 33.4 Å². The SMILES string of the molecule is Cc1sc(C(CN)N(Cc2ccsc2)C2CC2)cc1Br. The highest BCUT2D eigenvalue weighted by atomic mass is 79.9. The summed E-state index contributed by atoms with van der Waals surface area (Å²) in [6.07, 6.45) is 2.62. The zero-order valence-corrected chi connectivity index (χ0v) is 14.7. The summed E-state index contributed by atoms with van der Waals surface area (Å²) in [7, 11) is 0. The van der Waals surface area contributed by atoms with Crippen molar-refractivity contribution in [3.8, 4) is 0 Å². The van der Waals surface area contributed by atoms with Crippen molar-refractivity contribution >= 4 is 38.6 Å². The zero-order valence-electron chi connectivity index (χ0n) is 11.5. The van der Waals surface area contributed by atoms with Gasteiger partial charge in [-0.25, -0.2) is 0 Å². The molecule has 1 atom stereocenters. The highest BCUT2D eigenvalue weighted by Crippen LogP contribution is 2.39. The molecule has 2 N–H and O–H groups in total. The lowest BCUT2D eigenvalue weighted by atomic mass is 10.1. The second-order valence-electron chi connectivity index (χ2n) is 5.34. The van der Waals surface area contributed by atoms with E-state index in [0.717, 1.165) is 6.54 Å². The first kappa shape index (κ1) is 14.7. The lowest BCUT2D eigenvalue weighted by Gasteiger charge is -2.30. The molecule has 5 heteroatoms. The lowest BCUT2D eigenvalue weighted by molar-refractivity contribution is 0.185. The predicted molar refractivity (Wildman–Crippen MR) is 91.4 cm³/mol. The highest BCUT2D eigenvalue weighted by molar-refractivity contribution is 9.10. The number of hydrogen-bond acceptors (Lipinski definition) is 4. The van der Waals surface area contributed by atoms with Gasteiger partial charge in [-0.05, 0) is 64.2 Å². The van der Waals surface area contributed by atoms with Gasteiger partial charge in [0.25, 0.3) is 0 Å². The van der Waals surface area contributed by atoms with Crippen molar-refractivity contribution in [1.29, 1.82) is 0 Å². The van der Waals surface area contributed by atoms with Crippen LogP contribution in [0.5, 0.6) is 0 Å². The van der Waals surface area contributed by atoms with Crippen LogP contribution in [0.25, 0.3) is 0 Å². The van der Waals surface area contributed by atoms with Crippen molar-refractivity contribution in [3.63, 3.8) is 0 Å². The van der Waals surface area contributed by atoms with Crippen LogP contribution in [0, 0.1) is 6.92 Å². The van der Waals surface area contributed by atoms with E-state index in [0.29, 0.717) is 18.6 Å². The van der Waals surface area contributed by atoms with Crippen molar-refractivity contribution in [1.82, 2.24) is 4.90 Å². The number of nitrogens with zero attached hydrogens (tertiary/aromatic N) is 1. The van der Waals surface area contributed by atoms with E-state index in [1.165, 1.54) is 32.6 Å². The van der Waals surface area contributed by atoms with E-state index in [2.05, 4.69) is 50.6 Å². The number of aryl methyl sites for hydroxylation is 1. The summed E-state index contributed by atoms with van der Waals surface area (Å²) >= 11 is 7.27. The summed E-state index contributed by atoms with van der Waals surface area (Å²) in [6.45, 7) is 3.86. The van der Waals surface area contributed by atoms with E-state index < -0.39 is 0 Å². The lowest BCUT2D eigenvalue weighted by Crippen LogP contribution is -2.34. The molecule has 20 heavy (non-hydrogen) atoms. The van der Waals surface area contributed by atoms with E-state index in [4.69, 9.17) is 5.73 Å². The van der Waals surface area contributed by atoms with Crippen molar-refractivity contribution in [2.75, 3.05) is 6.54 Å². The van der Waals surface area contributed by atoms with E-state index in [1.54, 1.807) is 11.3 Å². The number of hydrogen-bond donors (Lipinski definition) is 1. The van der Waals surface area contributed by atoms with E-state index in [1.807, 2.05) is 11.3 Å². The monoisotopic (exact) mass is 370 g/mol. The quantitative estimate of drug-likeness (QED) is 0.808. The molecule has 2 aromatic heterocycles. The molecule has 0 radical (unpaired) electrons. The minimum absolute atomic E-state index is 0.345. The van der Waals surface area contributed by atoms with Gasteiger partial charge in [0.05, 0.1) is 6.04 Å². The number of halogens is 1. The molecular weight excluding hydrogens is 352 g/mol. The summed E-state index contributed by atoms with van der Waals surface area (Å²) in [5.74, 6) is 0. The van der Waals surface area contributed by atoms with Gasteiger partial charge in [-0.3, -0.25) is 4.90 Å². The number of rotatable bonds is 6. The summed E-state index contributed by atoms with van der Waals surface area (Å²) in [6, 6.07) is 5.53. The fourth-order valence-electron chi connectivity index (χ4n) is 2.55. The molecule has 0 amide bonds. The van der Waals surface area contributed by atoms with Crippen LogP contribution in [0.1, 0.15) is 34.2 Å². The molecule has 3 rings (SSSR count). The molecule has 2 aromatic rings.